The summed E-state index contributed by atoms with van der Waals surface area (Å²) in [5.41, 5.74) is -0.461. The van der Waals surface area contributed by atoms with Crippen LogP contribution in [0.4, 0.5) is 13.2 Å². The molecule has 2 N–H and O–H groups in total. The number of hydrogen-bond donors (Lipinski definition) is 2. The normalized spacial score (nSPS) is 13.5. The molecule has 0 heterocycles. The average Bonchev–Trinajstić information content (AvgIpc) is 2.15. The molecule has 1 rings (SSSR count). The van der Waals surface area contributed by atoms with E-state index < -0.39 is 30.2 Å². The first-order valence-corrected chi connectivity index (χ1v) is 4.36. The Bertz CT molecular complexity index is 387. The minimum Gasteiger partial charge on any atom is -0.481 e. The fraction of sp³-hybridized carbons (Fsp3) is 0.300. The van der Waals surface area contributed by atoms with Gasteiger partial charge in [-0.3, -0.25) is 4.79 Å². The second-order valence-corrected chi connectivity index (χ2v) is 3.21. The topological polar surface area (TPSA) is 57.5 Å². The maximum atomic E-state index is 12.3. The van der Waals surface area contributed by atoms with Crippen molar-refractivity contribution in [1.29, 1.82) is 0 Å². The highest BCUT2D eigenvalue weighted by Gasteiger charge is 2.40. The first kappa shape index (κ1) is 12.5. The third-order valence-corrected chi connectivity index (χ3v) is 2.00. The summed E-state index contributed by atoms with van der Waals surface area (Å²) in [6, 6.07) is 5.05. The van der Waals surface area contributed by atoms with E-state index in [0.717, 1.165) is 6.07 Å². The van der Waals surface area contributed by atoms with E-state index in [1.165, 1.54) is 18.2 Å². The maximum absolute atomic E-state index is 12.3. The summed E-state index contributed by atoms with van der Waals surface area (Å²) in [5.74, 6) is -1.25. The lowest BCUT2D eigenvalue weighted by molar-refractivity contribution is -0.207. The molecule has 1 atom stereocenters. The van der Waals surface area contributed by atoms with Crippen LogP contribution in [0.3, 0.4) is 0 Å². The highest BCUT2D eigenvalue weighted by molar-refractivity contribution is 5.70. The first-order valence-electron chi connectivity index (χ1n) is 4.36. The third kappa shape index (κ3) is 2.96. The van der Waals surface area contributed by atoms with Crippen LogP contribution in [0.5, 0.6) is 0 Å². The van der Waals surface area contributed by atoms with Crippen LogP contribution in [0.2, 0.25) is 0 Å². The Balaban J connectivity index is 3.08. The van der Waals surface area contributed by atoms with Crippen molar-refractivity contribution in [2.24, 2.45) is 0 Å². The lowest BCUT2D eigenvalue weighted by atomic mass is 10.00. The molecular weight excluding hydrogens is 225 g/mol. The predicted molar refractivity (Wildman–Crippen MR) is 48.8 cm³/mol. The van der Waals surface area contributed by atoms with Gasteiger partial charge in [-0.05, 0) is 11.1 Å². The molecule has 0 saturated heterocycles. The van der Waals surface area contributed by atoms with E-state index in [-0.39, 0.29) is 5.56 Å². The summed E-state index contributed by atoms with van der Waals surface area (Å²) in [6.45, 7) is 0. The molecule has 0 aliphatic rings. The number of carboxylic acids is 1. The summed E-state index contributed by atoms with van der Waals surface area (Å²) in [6.07, 6.45) is -8.00. The van der Waals surface area contributed by atoms with Crippen molar-refractivity contribution in [2.75, 3.05) is 0 Å². The molecule has 0 bridgehead atoms. The van der Waals surface area contributed by atoms with Crippen molar-refractivity contribution < 1.29 is 28.2 Å². The second kappa shape index (κ2) is 4.52. The molecule has 0 aliphatic carbocycles. The summed E-state index contributed by atoms with van der Waals surface area (Å²) >= 11 is 0. The molecule has 16 heavy (non-hydrogen) atoms. The van der Waals surface area contributed by atoms with Gasteiger partial charge in [0, 0.05) is 0 Å². The van der Waals surface area contributed by atoms with Gasteiger partial charge in [0.2, 0.25) is 0 Å². The average molecular weight is 234 g/mol. The highest BCUT2D eigenvalue weighted by Crippen LogP contribution is 2.34. The molecule has 0 fully saturated rings. The van der Waals surface area contributed by atoms with Crippen LogP contribution >= 0.6 is 0 Å². The molecule has 88 valence electrons. The smallest absolute Gasteiger partial charge is 0.418 e. The Labute approximate surface area is 89.1 Å². The number of halogens is 3. The van der Waals surface area contributed by atoms with Gasteiger partial charge >= 0.3 is 12.1 Å². The molecule has 1 unspecified atom stereocenters. The van der Waals surface area contributed by atoms with Gasteiger partial charge in [0.05, 0.1) is 6.42 Å². The number of alkyl halides is 3. The van der Waals surface area contributed by atoms with Crippen molar-refractivity contribution in [3.05, 3.63) is 35.4 Å². The zero-order valence-corrected chi connectivity index (χ0v) is 8.03. The Morgan fingerprint density at radius 3 is 2.38 bits per heavy atom. The van der Waals surface area contributed by atoms with Crippen LogP contribution in [0.15, 0.2) is 24.3 Å². The summed E-state index contributed by atoms with van der Waals surface area (Å²) in [5, 5.41) is 17.5. The molecule has 1 aromatic carbocycles. The van der Waals surface area contributed by atoms with Gasteiger partial charge in [-0.25, -0.2) is 0 Å². The molecule has 0 aliphatic heterocycles. The van der Waals surface area contributed by atoms with Crippen molar-refractivity contribution >= 4 is 5.97 Å². The Morgan fingerprint density at radius 2 is 1.88 bits per heavy atom. The Morgan fingerprint density at radius 1 is 1.31 bits per heavy atom. The lowest BCUT2D eigenvalue weighted by Crippen LogP contribution is -2.22. The fourth-order valence-corrected chi connectivity index (χ4v) is 1.30. The zero-order chi connectivity index (χ0) is 12.3. The Hall–Kier alpha value is -1.56. The fourth-order valence-electron chi connectivity index (χ4n) is 1.30. The van der Waals surface area contributed by atoms with Crippen LogP contribution < -0.4 is 0 Å². The van der Waals surface area contributed by atoms with E-state index in [2.05, 4.69) is 0 Å². The number of aliphatic hydroxyl groups excluding tert-OH is 1. The summed E-state index contributed by atoms with van der Waals surface area (Å²) in [4.78, 5) is 10.4. The monoisotopic (exact) mass is 234 g/mol. The molecule has 1 aromatic rings. The van der Waals surface area contributed by atoms with Crippen molar-refractivity contribution in [1.82, 2.24) is 0 Å². The molecular formula is C10H9F3O3. The SMILES string of the molecule is O=C(O)Cc1ccccc1C(O)C(F)(F)F. The predicted octanol–water partition coefficient (Wildman–Crippen LogP) is 1.91. The molecule has 0 amide bonds. The van der Waals surface area contributed by atoms with Crippen molar-refractivity contribution in [3.63, 3.8) is 0 Å². The van der Waals surface area contributed by atoms with Crippen molar-refractivity contribution in [3.8, 4) is 0 Å². The van der Waals surface area contributed by atoms with E-state index in [0.29, 0.717) is 0 Å². The van der Waals surface area contributed by atoms with Gasteiger partial charge < -0.3 is 10.2 Å². The summed E-state index contributed by atoms with van der Waals surface area (Å²) < 4.78 is 36.8. The quantitative estimate of drug-likeness (QED) is 0.839. The second-order valence-electron chi connectivity index (χ2n) is 3.21. The van der Waals surface area contributed by atoms with Gasteiger partial charge in [0.15, 0.2) is 6.10 Å². The van der Waals surface area contributed by atoms with Crippen LogP contribution in [0.25, 0.3) is 0 Å². The number of carboxylic acid groups (broad SMARTS) is 1. The zero-order valence-electron chi connectivity index (χ0n) is 8.03. The minimum atomic E-state index is -4.80. The number of aliphatic hydroxyl groups is 1. The van der Waals surface area contributed by atoms with Crippen molar-refractivity contribution in [2.45, 2.75) is 18.7 Å². The Kier molecular flexibility index (Phi) is 3.54. The van der Waals surface area contributed by atoms with Gasteiger partial charge in [0.25, 0.3) is 0 Å². The highest BCUT2D eigenvalue weighted by atomic mass is 19.4. The molecule has 0 radical (unpaired) electrons. The van der Waals surface area contributed by atoms with Gasteiger partial charge in [-0.2, -0.15) is 13.2 Å². The third-order valence-electron chi connectivity index (χ3n) is 2.00. The lowest BCUT2D eigenvalue weighted by Gasteiger charge is -2.17. The van der Waals surface area contributed by atoms with E-state index in [1.807, 2.05) is 0 Å². The number of benzene rings is 1. The molecule has 6 heteroatoms. The molecule has 0 spiro atoms. The molecule has 0 saturated carbocycles. The number of aliphatic carboxylic acids is 1. The van der Waals surface area contributed by atoms with Gasteiger partial charge in [-0.1, -0.05) is 24.3 Å². The van der Waals surface area contributed by atoms with Crippen LogP contribution in [0.1, 0.15) is 17.2 Å². The van der Waals surface area contributed by atoms with E-state index in [9.17, 15) is 18.0 Å². The maximum Gasteiger partial charge on any atom is 0.418 e. The van der Waals surface area contributed by atoms with Crippen LogP contribution in [-0.4, -0.2) is 22.4 Å². The summed E-state index contributed by atoms with van der Waals surface area (Å²) in [7, 11) is 0. The minimum absolute atomic E-state index is 0.0418. The van der Waals surface area contributed by atoms with Crippen LogP contribution in [-0.2, 0) is 11.2 Å². The first-order chi connectivity index (χ1) is 7.32. The number of hydrogen-bond acceptors (Lipinski definition) is 2. The van der Waals surface area contributed by atoms with E-state index >= 15 is 0 Å². The van der Waals surface area contributed by atoms with Gasteiger partial charge in [-0.15, -0.1) is 0 Å². The number of carbonyl (C=O) groups is 1. The molecule has 3 nitrogen and oxygen atoms in total. The largest absolute Gasteiger partial charge is 0.481 e. The van der Waals surface area contributed by atoms with Crippen LogP contribution in [0, 0.1) is 0 Å². The molecule has 0 aromatic heterocycles. The van der Waals surface area contributed by atoms with E-state index in [4.69, 9.17) is 10.2 Å². The standard InChI is InChI=1S/C10H9F3O3/c11-10(12,13)9(16)7-4-2-1-3-6(7)5-8(14)15/h1-4,9,16H,5H2,(H,14,15). The number of rotatable bonds is 3. The van der Waals surface area contributed by atoms with E-state index in [1.54, 1.807) is 0 Å². The van der Waals surface area contributed by atoms with Gasteiger partial charge in [0.1, 0.15) is 0 Å².